The number of thiophene rings is 1. The highest BCUT2D eigenvalue weighted by atomic mass is 32.1. The number of benzene rings is 2. The van der Waals surface area contributed by atoms with Crippen LogP contribution in [0.4, 0.5) is 5.69 Å². The fourth-order valence-electron chi connectivity index (χ4n) is 3.20. The Hall–Kier alpha value is -3.56. The van der Waals surface area contributed by atoms with E-state index in [4.69, 9.17) is 4.74 Å². The van der Waals surface area contributed by atoms with Crippen molar-refractivity contribution in [2.75, 3.05) is 6.61 Å². The molecule has 0 radical (unpaired) electrons. The van der Waals surface area contributed by atoms with Crippen molar-refractivity contribution in [3.8, 4) is 16.9 Å². The number of ether oxygens (including phenoxy) is 1. The summed E-state index contributed by atoms with van der Waals surface area (Å²) < 4.78 is 6.81. The zero-order chi connectivity index (χ0) is 22.0. The topological polar surface area (TPSA) is 107 Å². The molecule has 0 aliphatic heterocycles. The predicted octanol–water partition coefficient (Wildman–Crippen LogP) is 3.78. The first-order valence-corrected chi connectivity index (χ1v) is 10.4. The van der Waals surface area contributed by atoms with Crippen LogP contribution in [0.2, 0.25) is 0 Å². The molecule has 0 fully saturated rings. The lowest BCUT2D eigenvalue weighted by atomic mass is 10.1. The van der Waals surface area contributed by atoms with Crippen molar-refractivity contribution in [1.82, 2.24) is 9.55 Å². The van der Waals surface area contributed by atoms with Crippen molar-refractivity contribution < 1.29 is 14.8 Å². The van der Waals surface area contributed by atoms with Crippen LogP contribution in [0.25, 0.3) is 21.3 Å². The monoisotopic (exact) mass is 437 g/mol. The van der Waals surface area contributed by atoms with E-state index in [9.17, 15) is 20.0 Å². The summed E-state index contributed by atoms with van der Waals surface area (Å²) in [6.07, 6.45) is 0.411. The summed E-state index contributed by atoms with van der Waals surface area (Å²) >= 11 is 1.40. The number of nitro groups is 1. The molecule has 2 aromatic heterocycles. The van der Waals surface area contributed by atoms with Gasteiger partial charge in [0.25, 0.3) is 11.2 Å². The first-order chi connectivity index (χ1) is 14.9. The van der Waals surface area contributed by atoms with Crippen molar-refractivity contribution in [2.24, 2.45) is 0 Å². The summed E-state index contributed by atoms with van der Waals surface area (Å²) in [7, 11) is 0. The van der Waals surface area contributed by atoms with Crippen molar-refractivity contribution in [1.29, 1.82) is 0 Å². The second-order valence-electron chi connectivity index (χ2n) is 7.12. The minimum atomic E-state index is -1.00. The molecule has 1 atom stereocenters. The van der Waals surface area contributed by atoms with E-state index in [1.807, 2.05) is 36.6 Å². The molecule has 2 aromatic carbocycles. The van der Waals surface area contributed by atoms with Crippen molar-refractivity contribution in [3.05, 3.63) is 86.3 Å². The summed E-state index contributed by atoms with van der Waals surface area (Å²) in [6.45, 7) is 1.86. The van der Waals surface area contributed by atoms with Gasteiger partial charge in [0.1, 0.15) is 23.3 Å². The van der Waals surface area contributed by atoms with Crippen LogP contribution in [-0.4, -0.2) is 32.3 Å². The molecule has 0 unspecified atom stereocenters. The first-order valence-electron chi connectivity index (χ1n) is 9.51. The van der Waals surface area contributed by atoms with Crippen LogP contribution in [0, 0.1) is 17.0 Å². The third kappa shape index (κ3) is 4.47. The molecule has 9 heteroatoms. The van der Waals surface area contributed by atoms with Crippen LogP contribution in [0.15, 0.2) is 65.0 Å². The fourth-order valence-corrected chi connectivity index (χ4v) is 4.11. The number of fused-ring (bicyclic) bond motifs is 1. The maximum Gasteiger partial charge on any atom is 0.273 e. The molecule has 4 aromatic rings. The molecule has 4 rings (SSSR count). The van der Waals surface area contributed by atoms with E-state index in [0.717, 1.165) is 16.7 Å². The minimum absolute atomic E-state index is 0.0140. The van der Waals surface area contributed by atoms with Crippen LogP contribution in [0.3, 0.4) is 0 Å². The Kier molecular flexibility index (Phi) is 5.79. The second kappa shape index (κ2) is 8.66. The van der Waals surface area contributed by atoms with Gasteiger partial charge in [-0.3, -0.25) is 19.5 Å². The molecule has 158 valence electrons. The maximum atomic E-state index is 13.1. The average Bonchev–Trinajstić information content (AvgIpc) is 3.20. The highest BCUT2D eigenvalue weighted by molar-refractivity contribution is 7.17. The SMILES string of the molecule is Cc1ccc(-c2csc3ncn(C[C@H](O)COc4cccc([N+](=O)[O-])c4)c(=O)c23)cc1. The summed E-state index contributed by atoms with van der Waals surface area (Å²) in [5.74, 6) is 0.272. The lowest BCUT2D eigenvalue weighted by Crippen LogP contribution is -2.30. The van der Waals surface area contributed by atoms with Gasteiger partial charge in [-0.15, -0.1) is 11.3 Å². The standard InChI is InChI=1S/C22H19N3O5S/c1-14-5-7-15(8-6-14)19-12-31-21-20(19)22(27)24(13-23-21)10-17(26)11-30-18-4-2-3-16(9-18)25(28)29/h2-9,12-13,17,26H,10-11H2,1H3/t17-/m0/s1. The molecule has 1 N–H and O–H groups in total. The number of rotatable bonds is 7. The van der Waals surface area contributed by atoms with Gasteiger partial charge in [0.05, 0.1) is 29.2 Å². The number of aliphatic hydroxyl groups excluding tert-OH is 1. The molecule has 0 aliphatic carbocycles. The normalized spacial score (nSPS) is 12.1. The van der Waals surface area contributed by atoms with Crippen LogP contribution >= 0.6 is 11.3 Å². The molecule has 0 bridgehead atoms. The summed E-state index contributed by atoms with van der Waals surface area (Å²) in [5, 5.41) is 23.6. The van der Waals surface area contributed by atoms with Crippen LogP contribution in [-0.2, 0) is 6.54 Å². The summed E-state index contributed by atoms with van der Waals surface area (Å²) in [6, 6.07) is 13.6. The number of aromatic nitrogens is 2. The van der Waals surface area contributed by atoms with Gasteiger partial charge in [-0.2, -0.15) is 0 Å². The van der Waals surface area contributed by atoms with Gasteiger partial charge in [0.2, 0.25) is 0 Å². The fraction of sp³-hybridized carbons (Fsp3) is 0.182. The molecule has 2 heterocycles. The van der Waals surface area contributed by atoms with Gasteiger partial charge >= 0.3 is 0 Å². The number of hydrogen-bond acceptors (Lipinski definition) is 7. The van der Waals surface area contributed by atoms with Gasteiger partial charge in [0, 0.05) is 17.0 Å². The molecule has 8 nitrogen and oxygen atoms in total. The number of aryl methyl sites for hydroxylation is 1. The lowest BCUT2D eigenvalue weighted by molar-refractivity contribution is -0.384. The molecule has 0 aliphatic rings. The first kappa shape index (κ1) is 20.7. The average molecular weight is 437 g/mol. The number of nitrogens with zero attached hydrogens (tertiary/aromatic N) is 3. The number of aliphatic hydroxyl groups is 1. The third-order valence-electron chi connectivity index (χ3n) is 4.80. The number of nitro benzene ring substituents is 1. The van der Waals surface area contributed by atoms with Crippen molar-refractivity contribution in [3.63, 3.8) is 0 Å². The Morgan fingerprint density at radius 1 is 1.26 bits per heavy atom. The molecule has 31 heavy (non-hydrogen) atoms. The summed E-state index contributed by atoms with van der Waals surface area (Å²) in [5.41, 5.74) is 2.54. The highest BCUT2D eigenvalue weighted by Gasteiger charge is 2.16. The lowest BCUT2D eigenvalue weighted by Gasteiger charge is -2.14. The van der Waals surface area contributed by atoms with Gasteiger partial charge < -0.3 is 9.84 Å². The van der Waals surface area contributed by atoms with E-state index in [2.05, 4.69) is 4.98 Å². The zero-order valence-electron chi connectivity index (χ0n) is 16.6. The number of hydrogen-bond donors (Lipinski definition) is 1. The Balaban J connectivity index is 1.53. The highest BCUT2D eigenvalue weighted by Crippen LogP contribution is 2.30. The van der Waals surface area contributed by atoms with Crippen molar-refractivity contribution in [2.45, 2.75) is 19.6 Å². The molecule has 0 amide bonds. The predicted molar refractivity (Wildman–Crippen MR) is 119 cm³/mol. The van der Waals surface area contributed by atoms with Gasteiger partial charge in [-0.05, 0) is 18.6 Å². The van der Waals surface area contributed by atoms with Gasteiger partial charge in [-0.1, -0.05) is 35.9 Å². The van der Waals surface area contributed by atoms with E-state index >= 15 is 0 Å². The Labute approximate surface area is 181 Å². The van der Waals surface area contributed by atoms with Crippen LogP contribution < -0.4 is 10.3 Å². The minimum Gasteiger partial charge on any atom is -0.491 e. The maximum absolute atomic E-state index is 13.1. The molecular formula is C22H19N3O5S. The van der Waals surface area contributed by atoms with Gasteiger partial charge in [0.15, 0.2) is 0 Å². The van der Waals surface area contributed by atoms with E-state index in [1.54, 1.807) is 6.07 Å². The van der Waals surface area contributed by atoms with Crippen LogP contribution in [0.5, 0.6) is 5.75 Å². The molecule has 0 saturated heterocycles. The Morgan fingerprint density at radius 3 is 2.77 bits per heavy atom. The Bertz CT molecular complexity index is 1300. The zero-order valence-corrected chi connectivity index (χ0v) is 17.4. The quantitative estimate of drug-likeness (QED) is 0.348. The van der Waals surface area contributed by atoms with E-state index < -0.39 is 11.0 Å². The summed E-state index contributed by atoms with van der Waals surface area (Å²) in [4.78, 5) is 28.4. The second-order valence-corrected chi connectivity index (χ2v) is 7.98. The number of non-ortho nitro benzene ring substituents is 1. The molecular weight excluding hydrogens is 418 g/mol. The Morgan fingerprint density at radius 2 is 2.03 bits per heavy atom. The van der Waals surface area contributed by atoms with E-state index in [0.29, 0.717) is 10.2 Å². The smallest absolute Gasteiger partial charge is 0.273 e. The van der Waals surface area contributed by atoms with Crippen molar-refractivity contribution >= 4 is 27.2 Å². The largest absolute Gasteiger partial charge is 0.491 e. The van der Waals surface area contributed by atoms with Gasteiger partial charge in [-0.25, -0.2) is 4.98 Å². The van der Waals surface area contributed by atoms with E-state index in [1.165, 1.54) is 40.4 Å². The third-order valence-corrected chi connectivity index (χ3v) is 5.69. The van der Waals surface area contributed by atoms with Crippen LogP contribution in [0.1, 0.15) is 5.56 Å². The molecule has 0 spiro atoms. The molecule has 0 saturated carbocycles. The van der Waals surface area contributed by atoms with E-state index in [-0.39, 0.29) is 30.1 Å².